The van der Waals surface area contributed by atoms with E-state index in [-0.39, 0.29) is 5.54 Å². The molecule has 0 aromatic heterocycles. The Morgan fingerprint density at radius 3 is 2.61 bits per heavy atom. The first-order chi connectivity index (χ1) is 8.43. The SMILES string of the molecule is CCC(C)(C(C)NC)N(C)Cc1cccc(Cl)c1. The van der Waals surface area contributed by atoms with Crippen molar-refractivity contribution in [2.24, 2.45) is 0 Å². The molecular weight excluding hydrogens is 244 g/mol. The molecule has 0 amide bonds. The lowest BCUT2D eigenvalue weighted by Crippen LogP contribution is -2.55. The third-order valence-electron chi connectivity index (χ3n) is 4.26. The molecule has 2 unspecified atom stereocenters. The maximum Gasteiger partial charge on any atom is 0.0409 e. The second-order valence-electron chi connectivity index (χ2n) is 5.21. The van der Waals surface area contributed by atoms with E-state index in [0.717, 1.165) is 18.0 Å². The molecule has 1 aromatic carbocycles. The van der Waals surface area contributed by atoms with Crippen LogP contribution in [0.4, 0.5) is 0 Å². The maximum atomic E-state index is 6.04. The van der Waals surface area contributed by atoms with Gasteiger partial charge in [0.15, 0.2) is 0 Å². The van der Waals surface area contributed by atoms with Gasteiger partial charge in [0, 0.05) is 23.1 Å². The first-order valence-corrected chi connectivity index (χ1v) is 6.94. The molecule has 1 aromatic rings. The molecule has 0 heterocycles. The van der Waals surface area contributed by atoms with Gasteiger partial charge in [0.1, 0.15) is 0 Å². The number of likely N-dealkylation sites (N-methyl/N-ethyl adjacent to an activating group) is 2. The lowest BCUT2D eigenvalue weighted by atomic mass is 9.88. The largest absolute Gasteiger partial charge is 0.315 e. The van der Waals surface area contributed by atoms with Gasteiger partial charge in [0.2, 0.25) is 0 Å². The molecule has 0 radical (unpaired) electrons. The van der Waals surface area contributed by atoms with Crippen molar-refractivity contribution in [1.82, 2.24) is 10.2 Å². The van der Waals surface area contributed by atoms with Crippen molar-refractivity contribution in [3.05, 3.63) is 34.9 Å². The summed E-state index contributed by atoms with van der Waals surface area (Å²) in [7, 11) is 4.20. The van der Waals surface area contributed by atoms with Crippen LogP contribution in [0.25, 0.3) is 0 Å². The first-order valence-electron chi connectivity index (χ1n) is 6.57. The standard InChI is InChI=1S/C15H25ClN2/c1-6-15(3,12(2)17-4)18(5)11-13-8-7-9-14(16)10-13/h7-10,12,17H,6,11H2,1-5H3. The highest BCUT2D eigenvalue weighted by molar-refractivity contribution is 6.30. The lowest BCUT2D eigenvalue weighted by molar-refractivity contribution is 0.0890. The molecule has 1 rings (SSSR count). The van der Waals surface area contributed by atoms with Crippen LogP contribution in [0.15, 0.2) is 24.3 Å². The van der Waals surface area contributed by atoms with Gasteiger partial charge in [-0.3, -0.25) is 4.90 Å². The molecule has 0 aliphatic heterocycles. The zero-order valence-corrected chi connectivity index (χ0v) is 12.9. The highest BCUT2D eigenvalue weighted by Crippen LogP contribution is 2.24. The zero-order chi connectivity index (χ0) is 13.8. The predicted octanol–water partition coefficient (Wildman–Crippen LogP) is 3.55. The Kier molecular flexibility index (Phi) is 5.64. The Morgan fingerprint density at radius 2 is 2.11 bits per heavy atom. The number of hydrogen-bond acceptors (Lipinski definition) is 2. The molecule has 2 nitrogen and oxygen atoms in total. The molecule has 3 heteroatoms. The summed E-state index contributed by atoms with van der Waals surface area (Å²) < 4.78 is 0. The van der Waals surface area contributed by atoms with Crippen LogP contribution in [0, 0.1) is 0 Å². The molecule has 0 aliphatic rings. The average molecular weight is 269 g/mol. The van der Waals surface area contributed by atoms with E-state index in [2.05, 4.69) is 44.1 Å². The van der Waals surface area contributed by atoms with Crippen LogP contribution >= 0.6 is 11.6 Å². The predicted molar refractivity (Wildman–Crippen MR) is 80.1 cm³/mol. The Labute approximate surface area is 116 Å². The van der Waals surface area contributed by atoms with Crippen molar-refractivity contribution in [2.75, 3.05) is 14.1 Å². The van der Waals surface area contributed by atoms with Crippen molar-refractivity contribution < 1.29 is 0 Å². The van der Waals surface area contributed by atoms with Crippen LogP contribution in [0.5, 0.6) is 0 Å². The summed E-state index contributed by atoms with van der Waals surface area (Å²) >= 11 is 6.04. The Balaban J connectivity index is 2.82. The molecule has 18 heavy (non-hydrogen) atoms. The normalized spacial score (nSPS) is 16.6. The summed E-state index contributed by atoms with van der Waals surface area (Å²) in [6, 6.07) is 8.53. The summed E-state index contributed by atoms with van der Waals surface area (Å²) in [5, 5.41) is 4.17. The van der Waals surface area contributed by atoms with E-state index in [1.54, 1.807) is 0 Å². The minimum absolute atomic E-state index is 0.136. The topological polar surface area (TPSA) is 15.3 Å². The van der Waals surface area contributed by atoms with E-state index < -0.39 is 0 Å². The van der Waals surface area contributed by atoms with Gasteiger partial charge in [-0.15, -0.1) is 0 Å². The minimum Gasteiger partial charge on any atom is -0.315 e. The first kappa shape index (κ1) is 15.5. The van der Waals surface area contributed by atoms with Crippen molar-refractivity contribution in [2.45, 2.75) is 45.3 Å². The van der Waals surface area contributed by atoms with Crippen LogP contribution in [-0.2, 0) is 6.54 Å². The van der Waals surface area contributed by atoms with Gasteiger partial charge in [-0.2, -0.15) is 0 Å². The van der Waals surface area contributed by atoms with E-state index >= 15 is 0 Å². The second kappa shape index (κ2) is 6.55. The summed E-state index contributed by atoms with van der Waals surface area (Å²) in [4.78, 5) is 2.40. The van der Waals surface area contributed by atoms with Crippen molar-refractivity contribution in [3.8, 4) is 0 Å². The van der Waals surface area contributed by atoms with E-state index in [0.29, 0.717) is 6.04 Å². The van der Waals surface area contributed by atoms with Gasteiger partial charge in [0.05, 0.1) is 0 Å². The second-order valence-corrected chi connectivity index (χ2v) is 5.64. The van der Waals surface area contributed by atoms with Crippen molar-refractivity contribution in [3.63, 3.8) is 0 Å². The fourth-order valence-electron chi connectivity index (χ4n) is 2.31. The van der Waals surface area contributed by atoms with Crippen LogP contribution in [0.2, 0.25) is 5.02 Å². The molecule has 2 atom stereocenters. The monoisotopic (exact) mass is 268 g/mol. The molecular formula is C15H25ClN2. The highest BCUT2D eigenvalue weighted by atomic mass is 35.5. The molecule has 1 N–H and O–H groups in total. The van der Waals surface area contributed by atoms with Crippen LogP contribution in [0.1, 0.15) is 32.8 Å². The maximum absolute atomic E-state index is 6.04. The highest BCUT2D eigenvalue weighted by Gasteiger charge is 2.32. The molecule has 102 valence electrons. The fraction of sp³-hybridized carbons (Fsp3) is 0.600. The number of hydrogen-bond donors (Lipinski definition) is 1. The zero-order valence-electron chi connectivity index (χ0n) is 12.1. The summed E-state index contributed by atoms with van der Waals surface area (Å²) in [6.45, 7) is 7.69. The lowest BCUT2D eigenvalue weighted by Gasteiger charge is -2.43. The quantitative estimate of drug-likeness (QED) is 0.849. The molecule has 0 fully saturated rings. The Hall–Kier alpha value is -0.570. The molecule has 0 bridgehead atoms. The third-order valence-corrected chi connectivity index (χ3v) is 4.50. The number of rotatable bonds is 6. The summed E-state index contributed by atoms with van der Waals surface area (Å²) in [5.41, 5.74) is 1.39. The van der Waals surface area contributed by atoms with Crippen LogP contribution in [0.3, 0.4) is 0 Å². The fourth-order valence-corrected chi connectivity index (χ4v) is 2.52. The molecule has 0 aliphatic carbocycles. The van der Waals surface area contributed by atoms with Crippen molar-refractivity contribution >= 4 is 11.6 Å². The smallest absolute Gasteiger partial charge is 0.0409 e. The van der Waals surface area contributed by atoms with Crippen LogP contribution < -0.4 is 5.32 Å². The van der Waals surface area contributed by atoms with Gasteiger partial charge >= 0.3 is 0 Å². The molecule has 0 saturated carbocycles. The van der Waals surface area contributed by atoms with E-state index in [4.69, 9.17) is 11.6 Å². The van der Waals surface area contributed by atoms with Gasteiger partial charge in [0.25, 0.3) is 0 Å². The number of halogens is 1. The molecule has 0 saturated heterocycles. The van der Waals surface area contributed by atoms with E-state index in [9.17, 15) is 0 Å². The third kappa shape index (κ3) is 3.47. The van der Waals surface area contributed by atoms with Crippen molar-refractivity contribution in [1.29, 1.82) is 0 Å². The van der Waals surface area contributed by atoms with Gasteiger partial charge < -0.3 is 5.32 Å². The van der Waals surface area contributed by atoms with E-state index in [1.807, 2.05) is 25.2 Å². The number of nitrogens with zero attached hydrogens (tertiary/aromatic N) is 1. The Morgan fingerprint density at radius 1 is 1.44 bits per heavy atom. The number of nitrogens with one attached hydrogen (secondary N) is 1. The van der Waals surface area contributed by atoms with Gasteiger partial charge in [-0.25, -0.2) is 0 Å². The average Bonchev–Trinajstić information content (AvgIpc) is 2.36. The Bertz CT molecular complexity index is 381. The molecule has 0 spiro atoms. The van der Waals surface area contributed by atoms with Gasteiger partial charge in [-0.05, 0) is 52.1 Å². The number of benzene rings is 1. The van der Waals surface area contributed by atoms with Gasteiger partial charge in [-0.1, -0.05) is 30.7 Å². The summed E-state index contributed by atoms with van der Waals surface area (Å²) in [5.74, 6) is 0. The van der Waals surface area contributed by atoms with Crippen LogP contribution in [-0.4, -0.2) is 30.6 Å². The van der Waals surface area contributed by atoms with E-state index in [1.165, 1.54) is 5.56 Å². The summed E-state index contributed by atoms with van der Waals surface area (Å²) in [6.07, 6.45) is 1.10. The minimum atomic E-state index is 0.136.